The molecular weight excluding hydrogens is 326 g/mol. The second-order valence-corrected chi connectivity index (χ2v) is 7.75. The van der Waals surface area contributed by atoms with Crippen molar-refractivity contribution in [3.05, 3.63) is 95.7 Å². The topological polar surface area (TPSA) is 15.8 Å². The fourth-order valence-electron chi connectivity index (χ4n) is 5.12. The SMILES string of the molecule is c1ccc2c(c1)ccc1c3c(ccc12)CCCC3c1c[nH]c2ccccc12. The van der Waals surface area contributed by atoms with Gasteiger partial charge in [-0.1, -0.05) is 66.7 Å². The first kappa shape index (κ1) is 15.0. The second kappa shape index (κ2) is 5.72. The van der Waals surface area contributed by atoms with E-state index in [0.29, 0.717) is 5.92 Å². The molecule has 1 N–H and O–H groups in total. The number of rotatable bonds is 1. The highest BCUT2D eigenvalue weighted by Crippen LogP contribution is 2.44. The second-order valence-electron chi connectivity index (χ2n) is 7.75. The van der Waals surface area contributed by atoms with E-state index in [1.54, 1.807) is 5.56 Å². The summed E-state index contributed by atoms with van der Waals surface area (Å²) in [6.07, 6.45) is 5.91. The van der Waals surface area contributed by atoms with E-state index in [9.17, 15) is 0 Å². The molecule has 0 saturated heterocycles. The van der Waals surface area contributed by atoms with Gasteiger partial charge in [-0.2, -0.15) is 0 Å². The van der Waals surface area contributed by atoms with Crippen molar-refractivity contribution < 1.29 is 0 Å². The van der Waals surface area contributed by atoms with Gasteiger partial charge in [0.15, 0.2) is 0 Å². The minimum Gasteiger partial charge on any atom is -0.361 e. The van der Waals surface area contributed by atoms with Crippen LogP contribution in [0.5, 0.6) is 0 Å². The van der Waals surface area contributed by atoms with Gasteiger partial charge in [0.2, 0.25) is 0 Å². The number of para-hydroxylation sites is 1. The van der Waals surface area contributed by atoms with Crippen LogP contribution in [0.15, 0.2) is 79.0 Å². The molecule has 1 nitrogen and oxygen atoms in total. The number of aryl methyl sites for hydroxylation is 1. The first-order valence-electron chi connectivity index (χ1n) is 9.89. The van der Waals surface area contributed by atoms with Crippen LogP contribution in [0, 0.1) is 0 Å². The van der Waals surface area contributed by atoms with Gasteiger partial charge >= 0.3 is 0 Å². The Morgan fingerprint density at radius 2 is 1.52 bits per heavy atom. The number of nitrogens with one attached hydrogen (secondary N) is 1. The maximum Gasteiger partial charge on any atom is 0.0457 e. The summed E-state index contributed by atoms with van der Waals surface area (Å²) in [6, 6.07) is 26.8. The van der Waals surface area contributed by atoms with E-state index in [1.807, 2.05) is 0 Å². The Bertz CT molecular complexity index is 1310. The van der Waals surface area contributed by atoms with Crippen molar-refractivity contribution >= 4 is 32.4 Å². The fourth-order valence-corrected chi connectivity index (χ4v) is 5.12. The molecule has 1 heterocycles. The van der Waals surface area contributed by atoms with Gasteiger partial charge in [0.05, 0.1) is 0 Å². The van der Waals surface area contributed by atoms with E-state index in [4.69, 9.17) is 0 Å². The molecule has 27 heavy (non-hydrogen) atoms. The standard InChI is InChI=1S/C26H21N/c1-2-8-19-17(6-1)12-15-23-20(19)14-13-18-7-5-10-22(26(18)23)24-16-27-25-11-4-3-9-21(24)25/h1-4,6,8-9,11-16,22,27H,5,7,10H2. The van der Waals surface area contributed by atoms with Crippen molar-refractivity contribution in [3.63, 3.8) is 0 Å². The molecule has 0 fully saturated rings. The molecule has 0 amide bonds. The molecule has 4 aromatic carbocycles. The minimum absolute atomic E-state index is 0.467. The Hall–Kier alpha value is -3.06. The van der Waals surface area contributed by atoms with Crippen molar-refractivity contribution in [1.82, 2.24) is 4.98 Å². The van der Waals surface area contributed by atoms with Gasteiger partial charge in [0.1, 0.15) is 0 Å². The van der Waals surface area contributed by atoms with Gasteiger partial charge in [0, 0.05) is 23.0 Å². The summed E-state index contributed by atoms with van der Waals surface area (Å²) in [5.74, 6) is 0.467. The predicted octanol–water partition coefficient (Wildman–Crippen LogP) is 6.94. The third-order valence-corrected chi connectivity index (χ3v) is 6.34. The molecule has 5 aromatic rings. The predicted molar refractivity (Wildman–Crippen MR) is 115 cm³/mol. The Kier molecular flexibility index (Phi) is 3.19. The van der Waals surface area contributed by atoms with Crippen molar-refractivity contribution in [2.45, 2.75) is 25.2 Å². The zero-order valence-electron chi connectivity index (χ0n) is 15.2. The van der Waals surface area contributed by atoms with Gasteiger partial charge in [-0.15, -0.1) is 0 Å². The third-order valence-electron chi connectivity index (χ3n) is 6.34. The Labute approximate surface area is 158 Å². The van der Waals surface area contributed by atoms with Gasteiger partial charge in [-0.3, -0.25) is 0 Å². The molecule has 6 rings (SSSR count). The summed E-state index contributed by atoms with van der Waals surface area (Å²) < 4.78 is 0. The highest BCUT2D eigenvalue weighted by atomic mass is 14.7. The number of H-pyrrole nitrogens is 1. The summed E-state index contributed by atoms with van der Waals surface area (Å²) >= 11 is 0. The molecular formula is C26H21N. The van der Waals surface area contributed by atoms with E-state index in [0.717, 1.165) is 0 Å². The summed E-state index contributed by atoms with van der Waals surface area (Å²) in [7, 11) is 0. The molecule has 1 aliphatic carbocycles. The molecule has 130 valence electrons. The zero-order valence-corrected chi connectivity index (χ0v) is 15.2. The summed E-state index contributed by atoms with van der Waals surface area (Å²) in [4.78, 5) is 3.49. The van der Waals surface area contributed by atoms with Crippen LogP contribution in [-0.4, -0.2) is 4.98 Å². The largest absolute Gasteiger partial charge is 0.361 e. The molecule has 1 heteroatoms. The van der Waals surface area contributed by atoms with E-state index in [1.165, 1.54) is 62.8 Å². The summed E-state index contributed by atoms with van der Waals surface area (Å²) in [5.41, 5.74) is 5.77. The maximum absolute atomic E-state index is 3.49. The molecule has 0 spiro atoms. The Balaban J connectivity index is 1.67. The lowest BCUT2D eigenvalue weighted by Gasteiger charge is -2.27. The Morgan fingerprint density at radius 3 is 2.48 bits per heavy atom. The smallest absolute Gasteiger partial charge is 0.0457 e. The summed E-state index contributed by atoms with van der Waals surface area (Å²) in [6.45, 7) is 0. The highest BCUT2D eigenvalue weighted by molar-refractivity contribution is 6.09. The minimum atomic E-state index is 0.467. The monoisotopic (exact) mass is 347 g/mol. The molecule has 1 aliphatic rings. The van der Waals surface area contributed by atoms with Gasteiger partial charge in [-0.05, 0) is 63.6 Å². The first-order chi connectivity index (χ1) is 13.4. The normalized spacial score (nSPS) is 16.8. The molecule has 1 unspecified atom stereocenters. The van der Waals surface area contributed by atoms with Crippen LogP contribution in [-0.2, 0) is 6.42 Å². The lowest BCUT2D eigenvalue weighted by molar-refractivity contribution is 0.623. The van der Waals surface area contributed by atoms with Crippen LogP contribution in [0.2, 0.25) is 0 Å². The molecule has 1 aromatic heterocycles. The average molecular weight is 347 g/mol. The van der Waals surface area contributed by atoms with Crippen LogP contribution in [0.1, 0.15) is 35.4 Å². The van der Waals surface area contributed by atoms with Crippen LogP contribution in [0.3, 0.4) is 0 Å². The molecule has 0 saturated carbocycles. The highest BCUT2D eigenvalue weighted by Gasteiger charge is 2.26. The lowest BCUT2D eigenvalue weighted by atomic mass is 9.76. The molecule has 0 bridgehead atoms. The number of aromatic amines is 1. The van der Waals surface area contributed by atoms with Gasteiger partial charge in [-0.25, -0.2) is 0 Å². The van der Waals surface area contributed by atoms with E-state index >= 15 is 0 Å². The number of benzene rings is 4. The molecule has 0 radical (unpaired) electrons. The van der Waals surface area contributed by atoms with Crippen LogP contribution in [0.25, 0.3) is 32.4 Å². The number of hydrogen-bond donors (Lipinski definition) is 1. The van der Waals surface area contributed by atoms with Gasteiger partial charge in [0.25, 0.3) is 0 Å². The van der Waals surface area contributed by atoms with E-state index in [-0.39, 0.29) is 0 Å². The van der Waals surface area contributed by atoms with E-state index < -0.39 is 0 Å². The van der Waals surface area contributed by atoms with Gasteiger partial charge < -0.3 is 4.98 Å². The van der Waals surface area contributed by atoms with Crippen molar-refractivity contribution in [2.24, 2.45) is 0 Å². The number of fused-ring (bicyclic) bond motifs is 6. The number of aromatic nitrogens is 1. The average Bonchev–Trinajstić information content (AvgIpc) is 3.17. The zero-order chi connectivity index (χ0) is 17.8. The van der Waals surface area contributed by atoms with Crippen molar-refractivity contribution in [2.75, 3.05) is 0 Å². The third kappa shape index (κ3) is 2.18. The maximum atomic E-state index is 3.49. The Morgan fingerprint density at radius 1 is 0.704 bits per heavy atom. The molecule has 0 aliphatic heterocycles. The lowest BCUT2D eigenvalue weighted by Crippen LogP contribution is -2.11. The van der Waals surface area contributed by atoms with Crippen molar-refractivity contribution in [3.8, 4) is 0 Å². The van der Waals surface area contributed by atoms with Crippen LogP contribution < -0.4 is 0 Å². The van der Waals surface area contributed by atoms with Crippen molar-refractivity contribution in [1.29, 1.82) is 0 Å². The first-order valence-corrected chi connectivity index (χ1v) is 9.89. The van der Waals surface area contributed by atoms with Crippen LogP contribution in [0.4, 0.5) is 0 Å². The fraction of sp³-hybridized carbons (Fsp3) is 0.154. The quantitative estimate of drug-likeness (QED) is 0.316. The molecule has 1 atom stereocenters. The van der Waals surface area contributed by atoms with Crippen LogP contribution >= 0.6 is 0 Å². The summed E-state index contributed by atoms with van der Waals surface area (Å²) in [5, 5.41) is 6.87. The van der Waals surface area contributed by atoms with E-state index in [2.05, 4.69) is 84.0 Å². The number of hydrogen-bond acceptors (Lipinski definition) is 0.